The van der Waals surface area contributed by atoms with Gasteiger partial charge in [0, 0.05) is 7.05 Å². The lowest BCUT2D eigenvalue weighted by atomic mass is 9.91. The van der Waals surface area contributed by atoms with Crippen molar-refractivity contribution in [2.45, 2.75) is 44.0 Å². The Morgan fingerprint density at radius 3 is 2.56 bits per heavy atom. The molecule has 1 fully saturated rings. The summed E-state index contributed by atoms with van der Waals surface area (Å²) in [4.78, 5) is 13.0. The highest BCUT2D eigenvalue weighted by Crippen LogP contribution is 2.22. The van der Waals surface area contributed by atoms with Crippen LogP contribution in [0.1, 0.15) is 25.7 Å². The number of aliphatic hydroxyl groups is 1. The van der Waals surface area contributed by atoms with E-state index in [1.54, 1.807) is 0 Å². The van der Waals surface area contributed by atoms with Crippen LogP contribution in [0.5, 0.6) is 0 Å². The van der Waals surface area contributed by atoms with E-state index >= 15 is 0 Å². The number of nitrogens with zero attached hydrogens (tertiary/aromatic N) is 1. The van der Waals surface area contributed by atoms with E-state index in [1.807, 2.05) is 0 Å². The number of carbonyl (C=O) groups excluding carboxylic acids is 1. The van der Waals surface area contributed by atoms with Crippen LogP contribution in [0.25, 0.3) is 0 Å². The first-order valence-corrected chi connectivity index (χ1v) is 6.02. The largest absolute Gasteiger partial charge is 0.401 e. The number of hydrogen-bond donors (Lipinski definition) is 2. The number of nitrogens with one attached hydrogen (secondary N) is 1. The van der Waals surface area contributed by atoms with Crippen LogP contribution in [-0.4, -0.2) is 54.4 Å². The first-order valence-electron chi connectivity index (χ1n) is 6.02. The second kappa shape index (κ2) is 6.38. The van der Waals surface area contributed by atoms with Gasteiger partial charge >= 0.3 is 6.18 Å². The Labute approximate surface area is 104 Å². The molecule has 0 aromatic carbocycles. The predicted octanol–water partition coefficient (Wildman–Crippen LogP) is 0.900. The molecule has 2 atom stereocenters. The van der Waals surface area contributed by atoms with Gasteiger partial charge in [-0.05, 0) is 12.8 Å². The third kappa shape index (κ3) is 4.81. The van der Waals surface area contributed by atoms with Gasteiger partial charge in [0.15, 0.2) is 0 Å². The Kier molecular flexibility index (Phi) is 5.40. The summed E-state index contributed by atoms with van der Waals surface area (Å²) in [5.74, 6) is -0.426. The molecule has 18 heavy (non-hydrogen) atoms. The number of amides is 1. The zero-order chi connectivity index (χ0) is 13.8. The van der Waals surface area contributed by atoms with E-state index in [9.17, 15) is 23.1 Å². The van der Waals surface area contributed by atoms with Gasteiger partial charge in [-0.2, -0.15) is 13.2 Å². The summed E-state index contributed by atoms with van der Waals surface area (Å²) >= 11 is 0. The average molecular weight is 268 g/mol. The Hall–Kier alpha value is -0.820. The number of halogens is 3. The van der Waals surface area contributed by atoms with Crippen molar-refractivity contribution in [1.82, 2.24) is 10.2 Å². The molecule has 2 N–H and O–H groups in total. The summed E-state index contributed by atoms with van der Waals surface area (Å²) in [6, 6.07) is -0.279. The third-order valence-electron chi connectivity index (χ3n) is 3.19. The monoisotopic (exact) mass is 268 g/mol. The molecule has 0 aromatic rings. The fraction of sp³-hybridized carbons (Fsp3) is 0.909. The molecule has 4 nitrogen and oxygen atoms in total. The summed E-state index contributed by atoms with van der Waals surface area (Å²) in [5.41, 5.74) is 0. The van der Waals surface area contributed by atoms with Crippen molar-refractivity contribution in [2.24, 2.45) is 0 Å². The first kappa shape index (κ1) is 15.2. The smallest absolute Gasteiger partial charge is 0.391 e. The molecule has 1 rings (SSSR count). The van der Waals surface area contributed by atoms with E-state index in [1.165, 1.54) is 11.9 Å². The maximum absolute atomic E-state index is 11.9. The van der Waals surface area contributed by atoms with Crippen molar-refractivity contribution in [3.63, 3.8) is 0 Å². The van der Waals surface area contributed by atoms with E-state index in [2.05, 4.69) is 5.32 Å². The van der Waals surface area contributed by atoms with Crippen LogP contribution >= 0.6 is 0 Å². The van der Waals surface area contributed by atoms with Gasteiger partial charge in [-0.25, -0.2) is 0 Å². The lowest BCUT2D eigenvalue weighted by Gasteiger charge is -2.35. The van der Waals surface area contributed by atoms with Crippen LogP contribution in [0.15, 0.2) is 0 Å². The van der Waals surface area contributed by atoms with Crippen LogP contribution in [-0.2, 0) is 4.79 Å². The third-order valence-corrected chi connectivity index (χ3v) is 3.19. The number of aliphatic hydroxyl groups excluding tert-OH is 1. The zero-order valence-corrected chi connectivity index (χ0v) is 10.3. The molecule has 0 aliphatic heterocycles. The normalized spacial score (nSPS) is 24.9. The highest BCUT2D eigenvalue weighted by atomic mass is 19.4. The van der Waals surface area contributed by atoms with Crippen molar-refractivity contribution in [3.8, 4) is 0 Å². The molecule has 1 aliphatic carbocycles. The van der Waals surface area contributed by atoms with Gasteiger partial charge in [-0.3, -0.25) is 4.79 Å². The van der Waals surface area contributed by atoms with Gasteiger partial charge in [0.2, 0.25) is 5.91 Å². The van der Waals surface area contributed by atoms with Gasteiger partial charge < -0.3 is 15.3 Å². The zero-order valence-electron chi connectivity index (χ0n) is 10.3. The lowest BCUT2D eigenvalue weighted by Crippen LogP contribution is -2.49. The Morgan fingerprint density at radius 2 is 2.00 bits per heavy atom. The van der Waals surface area contributed by atoms with Crippen molar-refractivity contribution in [2.75, 3.05) is 20.1 Å². The maximum Gasteiger partial charge on any atom is 0.401 e. The number of likely N-dealkylation sites (N-methyl/N-ethyl adjacent to an activating group) is 1. The van der Waals surface area contributed by atoms with Crippen molar-refractivity contribution < 1.29 is 23.1 Å². The molecule has 7 heteroatoms. The van der Waals surface area contributed by atoms with Crippen molar-refractivity contribution in [3.05, 3.63) is 0 Å². The molecular weight excluding hydrogens is 249 g/mol. The molecule has 0 aromatic heterocycles. The average Bonchev–Trinajstić information content (AvgIpc) is 2.27. The molecule has 2 unspecified atom stereocenters. The molecule has 0 saturated heterocycles. The van der Waals surface area contributed by atoms with Gasteiger partial charge in [0.1, 0.15) is 0 Å². The predicted molar refractivity (Wildman–Crippen MR) is 60.0 cm³/mol. The Balaban J connectivity index is 2.36. The van der Waals surface area contributed by atoms with Crippen LogP contribution in [0.2, 0.25) is 0 Å². The fourth-order valence-electron chi connectivity index (χ4n) is 2.16. The SMILES string of the molecule is CN(C(=O)CNCC(F)(F)F)C1CCCCC1O. The van der Waals surface area contributed by atoms with E-state index in [-0.39, 0.29) is 12.6 Å². The maximum atomic E-state index is 11.9. The number of hydrogen-bond acceptors (Lipinski definition) is 3. The molecule has 0 bridgehead atoms. The van der Waals surface area contributed by atoms with E-state index in [0.29, 0.717) is 12.8 Å². The second-order valence-electron chi connectivity index (χ2n) is 4.64. The minimum absolute atomic E-state index is 0.279. The van der Waals surface area contributed by atoms with E-state index in [4.69, 9.17) is 0 Å². The molecule has 1 saturated carbocycles. The molecular formula is C11H19F3N2O2. The number of rotatable bonds is 4. The summed E-state index contributed by atoms with van der Waals surface area (Å²) in [7, 11) is 1.52. The van der Waals surface area contributed by atoms with Gasteiger partial charge in [0.05, 0.1) is 25.2 Å². The number of alkyl halides is 3. The highest BCUT2D eigenvalue weighted by molar-refractivity contribution is 5.78. The van der Waals surface area contributed by atoms with Crippen molar-refractivity contribution in [1.29, 1.82) is 0 Å². The second-order valence-corrected chi connectivity index (χ2v) is 4.64. The standard InChI is InChI=1S/C11H19F3N2O2/c1-16(8-4-2-3-5-9(8)17)10(18)6-15-7-11(12,13)14/h8-9,15,17H,2-7H2,1H3. The van der Waals surface area contributed by atoms with Crippen molar-refractivity contribution >= 4 is 5.91 Å². The van der Waals surface area contributed by atoms with Crippen LogP contribution in [0.4, 0.5) is 13.2 Å². The lowest BCUT2D eigenvalue weighted by molar-refractivity contribution is -0.137. The van der Waals surface area contributed by atoms with Crippen LogP contribution in [0.3, 0.4) is 0 Å². The molecule has 0 heterocycles. The topological polar surface area (TPSA) is 52.6 Å². The molecule has 0 radical (unpaired) electrons. The molecule has 0 spiro atoms. The minimum Gasteiger partial charge on any atom is -0.391 e. The summed E-state index contributed by atoms with van der Waals surface area (Å²) in [6.45, 7) is -1.54. The van der Waals surface area contributed by atoms with E-state index in [0.717, 1.165) is 12.8 Å². The number of carbonyl (C=O) groups is 1. The Bertz CT molecular complexity index is 284. The van der Waals surface area contributed by atoms with Crippen LogP contribution in [0, 0.1) is 0 Å². The molecule has 1 aliphatic rings. The first-order chi connectivity index (χ1) is 8.31. The highest BCUT2D eigenvalue weighted by Gasteiger charge is 2.30. The fourth-order valence-corrected chi connectivity index (χ4v) is 2.16. The van der Waals surface area contributed by atoms with Crippen LogP contribution < -0.4 is 5.32 Å². The van der Waals surface area contributed by atoms with Gasteiger partial charge in [0.25, 0.3) is 0 Å². The Morgan fingerprint density at radius 1 is 1.39 bits per heavy atom. The minimum atomic E-state index is -4.32. The summed E-state index contributed by atoms with van der Waals surface area (Å²) in [6.07, 6.45) is -1.71. The molecule has 106 valence electrons. The summed E-state index contributed by atoms with van der Waals surface area (Å²) < 4.78 is 35.7. The van der Waals surface area contributed by atoms with Gasteiger partial charge in [-0.15, -0.1) is 0 Å². The quantitative estimate of drug-likeness (QED) is 0.796. The van der Waals surface area contributed by atoms with E-state index < -0.39 is 24.7 Å². The summed E-state index contributed by atoms with van der Waals surface area (Å²) in [5, 5.41) is 11.8. The van der Waals surface area contributed by atoms with Gasteiger partial charge in [-0.1, -0.05) is 12.8 Å². The molecule has 1 amide bonds.